The van der Waals surface area contributed by atoms with Gasteiger partial charge < -0.3 is 10.0 Å². The zero-order chi connectivity index (χ0) is 15.1. The molecule has 1 N–H and O–H groups in total. The first-order valence-corrected chi connectivity index (χ1v) is 7.76. The predicted octanol–water partition coefficient (Wildman–Crippen LogP) is 0.929. The highest BCUT2D eigenvalue weighted by atomic mass is 16.3. The molecule has 0 spiro atoms. The summed E-state index contributed by atoms with van der Waals surface area (Å²) >= 11 is 0. The standard InChI is InChI=1S/C16H25N3O2/c1-2-15(13-20)18-8-10-19(11-9-18)16(21)6-5-14-4-3-7-17-12-14/h3-4,7,12,15,20H,2,5-6,8-11,13H2,1H3. The van der Waals surface area contributed by atoms with Crippen molar-refractivity contribution in [3.63, 3.8) is 0 Å². The first-order chi connectivity index (χ1) is 10.2. The fraction of sp³-hybridized carbons (Fsp3) is 0.625. The Hall–Kier alpha value is -1.46. The van der Waals surface area contributed by atoms with Crippen LogP contribution >= 0.6 is 0 Å². The lowest BCUT2D eigenvalue weighted by Crippen LogP contribution is -2.52. The highest BCUT2D eigenvalue weighted by Gasteiger charge is 2.24. The molecular formula is C16H25N3O2. The van der Waals surface area contributed by atoms with Gasteiger partial charge in [-0.05, 0) is 24.5 Å². The van der Waals surface area contributed by atoms with Crippen LogP contribution in [0.4, 0.5) is 0 Å². The molecule has 1 aliphatic heterocycles. The summed E-state index contributed by atoms with van der Waals surface area (Å²) in [6.07, 6.45) is 5.81. The molecule has 1 aromatic rings. The number of hydrogen-bond acceptors (Lipinski definition) is 4. The third kappa shape index (κ3) is 4.51. The number of aliphatic hydroxyl groups is 1. The van der Waals surface area contributed by atoms with E-state index in [0.717, 1.165) is 44.6 Å². The van der Waals surface area contributed by atoms with E-state index in [2.05, 4.69) is 16.8 Å². The Morgan fingerprint density at radius 2 is 2.14 bits per heavy atom. The van der Waals surface area contributed by atoms with E-state index in [0.29, 0.717) is 6.42 Å². The van der Waals surface area contributed by atoms with Crippen molar-refractivity contribution in [2.24, 2.45) is 0 Å². The second-order valence-electron chi connectivity index (χ2n) is 5.52. The molecule has 0 bridgehead atoms. The lowest BCUT2D eigenvalue weighted by atomic mass is 10.1. The Morgan fingerprint density at radius 3 is 2.71 bits per heavy atom. The quantitative estimate of drug-likeness (QED) is 0.847. The van der Waals surface area contributed by atoms with Crippen molar-refractivity contribution in [1.82, 2.24) is 14.8 Å². The summed E-state index contributed by atoms with van der Waals surface area (Å²) in [6, 6.07) is 4.14. The maximum Gasteiger partial charge on any atom is 0.222 e. The molecule has 116 valence electrons. The number of piperazine rings is 1. The number of carbonyl (C=O) groups is 1. The van der Waals surface area contributed by atoms with Gasteiger partial charge in [0.05, 0.1) is 6.61 Å². The summed E-state index contributed by atoms with van der Waals surface area (Å²) in [6.45, 7) is 5.54. The molecule has 0 saturated carbocycles. The topological polar surface area (TPSA) is 56.7 Å². The van der Waals surface area contributed by atoms with E-state index in [1.807, 2.05) is 23.2 Å². The van der Waals surface area contributed by atoms with Crippen LogP contribution in [-0.2, 0) is 11.2 Å². The Labute approximate surface area is 126 Å². The minimum Gasteiger partial charge on any atom is -0.395 e. The largest absolute Gasteiger partial charge is 0.395 e. The van der Waals surface area contributed by atoms with Crippen LogP contribution in [0.2, 0.25) is 0 Å². The van der Waals surface area contributed by atoms with Crippen molar-refractivity contribution >= 4 is 5.91 Å². The molecule has 5 nitrogen and oxygen atoms in total. The number of rotatable bonds is 6. The summed E-state index contributed by atoms with van der Waals surface area (Å²) in [5.41, 5.74) is 1.11. The Kier molecular flexibility index (Phi) is 6.14. The number of amides is 1. The minimum absolute atomic E-state index is 0.200. The van der Waals surface area contributed by atoms with E-state index in [1.54, 1.807) is 6.20 Å². The molecule has 1 aliphatic rings. The monoisotopic (exact) mass is 291 g/mol. The molecule has 5 heteroatoms. The molecule has 0 aliphatic carbocycles. The Balaban J connectivity index is 1.75. The average molecular weight is 291 g/mol. The molecule has 1 atom stereocenters. The Morgan fingerprint density at radius 1 is 1.38 bits per heavy atom. The number of hydrogen-bond donors (Lipinski definition) is 1. The lowest BCUT2D eigenvalue weighted by molar-refractivity contribution is -0.133. The molecule has 0 aromatic carbocycles. The van der Waals surface area contributed by atoms with E-state index in [4.69, 9.17) is 0 Å². The minimum atomic E-state index is 0.200. The second kappa shape index (κ2) is 8.10. The summed E-state index contributed by atoms with van der Waals surface area (Å²) in [5.74, 6) is 0.218. The summed E-state index contributed by atoms with van der Waals surface area (Å²) in [7, 11) is 0. The number of nitrogens with zero attached hydrogens (tertiary/aromatic N) is 3. The van der Waals surface area contributed by atoms with Gasteiger partial charge in [-0.2, -0.15) is 0 Å². The molecule has 1 fully saturated rings. The van der Waals surface area contributed by atoms with Crippen LogP contribution in [0.5, 0.6) is 0 Å². The molecule has 0 radical (unpaired) electrons. The van der Waals surface area contributed by atoms with Gasteiger partial charge in [0.15, 0.2) is 0 Å². The van der Waals surface area contributed by atoms with Crippen LogP contribution in [0.25, 0.3) is 0 Å². The van der Waals surface area contributed by atoms with Crippen LogP contribution in [0, 0.1) is 0 Å². The smallest absolute Gasteiger partial charge is 0.222 e. The third-order valence-electron chi connectivity index (χ3n) is 4.22. The second-order valence-corrected chi connectivity index (χ2v) is 5.52. The normalized spacial score (nSPS) is 17.7. The zero-order valence-corrected chi connectivity index (χ0v) is 12.7. The molecule has 1 amide bonds. The van der Waals surface area contributed by atoms with Crippen LogP contribution < -0.4 is 0 Å². The summed E-state index contributed by atoms with van der Waals surface area (Å²) in [5, 5.41) is 9.34. The van der Waals surface area contributed by atoms with Gasteiger partial charge in [-0.3, -0.25) is 14.7 Å². The van der Waals surface area contributed by atoms with E-state index < -0.39 is 0 Å². The molecule has 21 heavy (non-hydrogen) atoms. The Bertz CT molecular complexity index is 426. The van der Waals surface area contributed by atoms with Gasteiger partial charge in [0.2, 0.25) is 5.91 Å². The summed E-state index contributed by atoms with van der Waals surface area (Å²) in [4.78, 5) is 20.5. The fourth-order valence-corrected chi connectivity index (χ4v) is 2.79. The summed E-state index contributed by atoms with van der Waals surface area (Å²) < 4.78 is 0. The van der Waals surface area contributed by atoms with Gasteiger partial charge in [-0.1, -0.05) is 13.0 Å². The number of pyridine rings is 1. The first-order valence-electron chi connectivity index (χ1n) is 7.76. The van der Waals surface area contributed by atoms with Gasteiger partial charge in [0.1, 0.15) is 0 Å². The van der Waals surface area contributed by atoms with Crippen molar-refractivity contribution in [2.45, 2.75) is 32.2 Å². The molecular weight excluding hydrogens is 266 g/mol. The number of aromatic nitrogens is 1. The molecule has 1 unspecified atom stereocenters. The highest BCUT2D eigenvalue weighted by Crippen LogP contribution is 2.11. The molecule has 1 saturated heterocycles. The average Bonchev–Trinajstić information content (AvgIpc) is 2.55. The fourth-order valence-electron chi connectivity index (χ4n) is 2.79. The van der Waals surface area contributed by atoms with Crippen LogP contribution in [0.15, 0.2) is 24.5 Å². The van der Waals surface area contributed by atoms with Gasteiger partial charge >= 0.3 is 0 Å². The maximum absolute atomic E-state index is 12.2. The van der Waals surface area contributed by atoms with Gasteiger partial charge in [0, 0.05) is 51.0 Å². The first kappa shape index (κ1) is 15.9. The van der Waals surface area contributed by atoms with Gasteiger partial charge in [-0.25, -0.2) is 0 Å². The van der Waals surface area contributed by atoms with E-state index in [-0.39, 0.29) is 18.6 Å². The number of aryl methyl sites for hydroxylation is 1. The van der Waals surface area contributed by atoms with Crippen molar-refractivity contribution < 1.29 is 9.90 Å². The van der Waals surface area contributed by atoms with Crippen LogP contribution in [-0.4, -0.2) is 64.6 Å². The molecule has 2 heterocycles. The van der Waals surface area contributed by atoms with Crippen LogP contribution in [0.1, 0.15) is 25.3 Å². The predicted molar refractivity (Wildman–Crippen MR) is 81.9 cm³/mol. The van der Waals surface area contributed by atoms with E-state index >= 15 is 0 Å². The van der Waals surface area contributed by atoms with Crippen molar-refractivity contribution in [3.05, 3.63) is 30.1 Å². The van der Waals surface area contributed by atoms with Crippen LogP contribution in [0.3, 0.4) is 0 Å². The number of carbonyl (C=O) groups excluding carboxylic acids is 1. The lowest BCUT2D eigenvalue weighted by Gasteiger charge is -2.38. The van der Waals surface area contributed by atoms with Crippen molar-refractivity contribution in [1.29, 1.82) is 0 Å². The third-order valence-corrected chi connectivity index (χ3v) is 4.22. The molecule has 1 aromatic heterocycles. The van der Waals surface area contributed by atoms with Gasteiger partial charge in [0.25, 0.3) is 0 Å². The van der Waals surface area contributed by atoms with Crippen molar-refractivity contribution in [3.8, 4) is 0 Å². The SMILES string of the molecule is CCC(CO)N1CCN(C(=O)CCc2cccnc2)CC1. The zero-order valence-electron chi connectivity index (χ0n) is 12.7. The highest BCUT2D eigenvalue weighted by molar-refractivity contribution is 5.76. The van der Waals surface area contributed by atoms with Crippen molar-refractivity contribution in [2.75, 3.05) is 32.8 Å². The maximum atomic E-state index is 12.2. The van der Waals surface area contributed by atoms with Gasteiger partial charge in [-0.15, -0.1) is 0 Å². The molecule has 2 rings (SSSR count). The van der Waals surface area contributed by atoms with E-state index in [1.165, 1.54) is 0 Å². The van der Waals surface area contributed by atoms with E-state index in [9.17, 15) is 9.90 Å². The number of aliphatic hydroxyl groups excluding tert-OH is 1.